The van der Waals surface area contributed by atoms with Crippen molar-refractivity contribution >= 4 is 23.4 Å². The number of allylic oxidation sites excluding steroid dienone is 2. The molecule has 0 bridgehead atoms. The third-order valence-corrected chi connectivity index (χ3v) is 7.44. The van der Waals surface area contributed by atoms with Crippen LogP contribution in [-0.2, 0) is 11.3 Å². The van der Waals surface area contributed by atoms with Crippen molar-refractivity contribution in [3.63, 3.8) is 0 Å². The topological polar surface area (TPSA) is 29.5 Å². The number of carbonyl (C=O) groups is 1. The first-order valence-electron chi connectivity index (χ1n) is 12.9. The molecule has 3 heteroatoms. The van der Waals surface area contributed by atoms with Gasteiger partial charge in [0.1, 0.15) is 6.61 Å². The van der Waals surface area contributed by atoms with Crippen LogP contribution in [0.1, 0.15) is 28.2 Å². The third-order valence-electron chi connectivity index (χ3n) is 7.44. The van der Waals surface area contributed by atoms with Gasteiger partial charge < -0.3 is 4.74 Å². The van der Waals surface area contributed by atoms with E-state index in [1.165, 1.54) is 16.7 Å². The SMILES string of the molecule is O=C(OCc1ccccc1)N1C[C@@H]2C(=C[C@H](c3ccccc3)[C@H]2/C=C/c2ccccc2)c2ccccc21. The van der Waals surface area contributed by atoms with Gasteiger partial charge in [0.25, 0.3) is 0 Å². The Morgan fingerprint density at radius 2 is 1.46 bits per heavy atom. The van der Waals surface area contributed by atoms with E-state index in [0.717, 1.165) is 16.8 Å². The van der Waals surface area contributed by atoms with Crippen molar-refractivity contribution in [2.75, 3.05) is 11.4 Å². The number of nitrogens with zero attached hydrogens (tertiary/aromatic N) is 1. The lowest BCUT2D eigenvalue weighted by Crippen LogP contribution is -2.41. The highest BCUT2D eigenvalue weighted by molar-refractivity contribution is 5.96. The van der Waals surface area contributed by atoms with Crippen LogP contribution in [-0.4, -0.2) is 12.6 Å². The number of rotatable bonds is 5. The van der Waals surface area contributed by atoms with Crippen LogP contribution in [0.15, 0.2) is 127 Å². The highest BCUT2D eigenvalue weighted by Gasteiger charge is 2.43. The van der Waals surface area contributed by atoms with Crippen molar-refractivity contribution in [1.29, 1.82) is 0 Å². The van der Waals surface area contributed by atoms with E-state index in [9.17, 15) is 4.79 Å². The van der Waals surface area contributed by atoms with Crippen molar-refractivity contribution in [3.8, 4) is 0 Å². The van der Waals surface area contributed by atoms with E-state index in [-0.39, 0.29) is 30.5 Å². The van der Waals surface area contributed by atoms with Crippen LogP contribution in [0, 0.1) is 11.8 Å². The van der Waals surface area contributed by atoms with Crippen molar-refractivity contribution in [2.24, 2.45) is 11.8 Å². The Balaban J connectivity index is 1.35. The maximum atomic E-state index is 13.4. The Morgan fingerprint density at radius 3 is 2.22 bits per heavy atom. The second-order valence-corrected chi connectivity index (χ2v) is 9.68. The van der Waals surface area contributed by atoms with Crippen LogP contribution >= 0.6 is 0 Å². The van der Waals surface area contributed by atoms with E-state index >= 15 is 0 Å². The molecule has 3 atom stereocenters. The Hall–Kier alpha value is -4.37. The van der Waals surface area contributed by atoms with Crippen LogP contribution in [0.3, 0.4) is 0 Å². The van der Waals surface area contributed by atoms with Gasteiger partial charge >= 0.3 is 6.09 Å². The molecule has 37 heavy (non-hydrogen) atoms. The largest absolute Gasteiger partial charge is 0.444 e. The van der Waals surface area contributed by atoms with E-state index in [2.05, 4.69) is 85.0 Å². The average Bonchev–Trinajstić information content (AvgIpc) is 3.34. The fraction of sp³-hybridized carbons (Fsp3) is 0.147. The zero-order chi connectivity index (χ0) is 25.0. The number of para-hydroxylation sites is 1. The summed E-state index contributed by atoms with van der Waals surface area (Å²) in [4.78, 5) is 15.3. The van der Waals surface area contributed by atoms with Crippen LogP contribution in [0.5, 0.6) is 0 Å². The number of anilines is 1. The predicted molar refractivity (Wildman–Crippen MR) is 150 cm³/mol. The van der Waals surface area contributed by atoms with Gasteiger partial charge in [-0.3, -0.25) is 4.90 Å². The Kier molecular flexibility index (Phi) is 6.43. The van der Waals surface area contributed by atoms with Crippen LogP contribution < -0.4 is 4.90 Å². The van der Waals surface area contributed by atoms with Gasteiger partial charge in [0.2, 0.25) is 0 Å². The number of carbonyl (C=O) groups excluding carboxylic acids is 1. The molecule has 3 nitrogen and oxygen atoms in total. The standard InChI is InChI=1S/C34H29NO2/c36-34(37-24-26-14-6-2-7-15-26)35-23-32-28(21-20-25-12-4-1-5-13-25)30(27-16-8-3-9-17-27)22-31(32)29-18-10-11-19-33(29)35/h1-22,28,30,32H,23-24H2/b21-20+/t28-,30-,32+/m1/s1. The van der Waals surface area contributed by atoms with E-state index in [0.29, 0.717) is 6.54 Å². The molecule has 4 aromatic rings. The molecule has 4 aromatic carbocycles. The van der Waals surface area contributed by atoms with Gasteiger partial charge in [-0.05, 0) is 34.2 Å². The molecule has 6 rings (SSSR count). The average molecular weight is 484 g/mol. The number of amides is 1. The lowest BCUT2D eigenvalue weighted by atomic mass is 9.79. The lowest BCUT2D eigenvalue weighted by molar-refractivity contribution is 0.146. The minimum atomic E-state index is -0.302. The van der Waals surface area contributed by atoms with Crippen LogP contribution in [0.2, 0.25) is 0 Å². The van der Waals surface area contributed by atoms with Crippen molar-refractivity contribution in [1.82, 2.24) is 0 Å². The predicted octanol–water partition coefficient (Wildman–Crippen LogP) is 7.97. The first kappa shape index (κ1) is 23.1. The lowest BCUT2D eigenvalue weighted by Gasteiger charge is -2.36. The number of fused-ring (bicyclic) bond motifs is 3. The van der Waals surface area contributed by atoms with Gasteiger partial charge in [0.05, 0.1) is 5.69 Å². The second-order valence-electron chi connectivity index (χ2n) is 9.68. The summed E-state index contributed by atoms with van der Waals surface area (Å²) in [5.41, 5.74) is 6.81. The molecule has 0 saturated heterocycles. The molecule has 1 aliphatic heterocycles. The molecule has 0 unspecified atom stereocenters. The zero-order valence-electron chi connectivity index (χ0n) is 20.6. The molecule has 1 heterocycles. The molecular formula is C34H29NO2. The van der Waals surface area contributed by atoms with E-state index in [1.54, 1.807) is 0 Å². The fourth-order valence-electron chi connectivity index (χ4n) is 5.65. The molecule has 0 spiro atoms. The maximum Gasteiger partial charge on any atom is 0.414 e. The van der Waals surface area contributed by atoms with Crippen LogP contribution in [0.25, 0.3) is 11.6 Å². The van der Waals surface area contributed by atoms with E-state index < -0.39 is 0 Å². The van der Waals surface area contributed by atoms with E-state index in [4.69, 9.17) is 4.74 Å². The summed E-state index contributed by atoms with van der Waals surface area (Å²) in [6, 6.07) is 39.2. The Morgan fingerprint density at radius 1 is 0.811 bits per heavy atom. The van der Waals surface area contributed by atoms with Gasteiger partial charge in [0.15, 0.2) is 0 Å². The molecular weight excluding hydrogens is 454 g/mol. The second kappa shape index (κ2) is 10.3. The molecule has 0 N–H and O–H groups in total. The molecule has 0 fully saturated rings. The summed E-state index contributed by atoms with van der Waals surface area (Å²) in [5.74, 6) is 0.620. The molecule has 0 radical (unpaired) electrons. The van der Waals surface area contributed by atoms with Crippen molar-refractivity contribution in [3.05, 3.63) is 150 Å². The highest BCUT2D eigenvalue weighted by Crippen LogP contribution is 2.52. The number of ether oxygens (including phenoxy) is 1. The Labute approximate surface area is 218 Å². The number of benzene rings is 4. The number of hydrogen-bond donors (Lipinski definition) is 0. The molecule has 1 aliphatic carbocycles. The Bertz CT molecular complexity index is 1430. The summed E-state index contributed by atoms with van der Waals surface area (Å²) >= 11 is 0. The van der Waals surface area contributed by atoms with Gasteiger partial charge in [-0.1, -0.05) is 127 Å². The molecule has 182 valence electrons. The molecule has 0 saturated carbocycles. The quantitative estimate of drug-likeness (QED) is 0.288. The summed E-state index contributed by atoms with van der Waals surface area (Å²) in [7, 11) is 0. The van der Waals surface area contributed by atoms with Crippen molar-refractivity contribution in [2.45, 2.75) is 12.5 Å². The summed E-state index contributed by atoms with van der Waals surface area (Å²) in [6.07, 6.45) is 6.67. The smallest absolute Gasteiger partial charge is 0.414 e. The first-order chi connectivity index (χ1) is 18.3. The first-order valence-corrected chi connectivity index (χ1v) is 12.9. The van der Waals surface area contributed by atoms with Crippen molar-refractivity contribution < 1.29 is 9.53 Å². The number of hydrogen-bond acceptors (Lipinski definition) is 2. The summed E-state index contributed by atoms with van der Waals surface area (Å²) in [6.45, 7) is 0.847. The molecule has 1 amide bonds. The van der Waals surface area contributed by atoms with Gasteiger partial charge in [-0.25, -0.2) is 4.79 Å². The highest BCUT2D eigenvalue weighted by atomic mass is 16.6. The molecule has 2 aliphatic rings. The van der Waals surface area contributed by atoms with Gasteiger partial charge in [-0.2, -0.15) is 0 Å². The summed E-state index contributed by atoms with van der Waals surface area (Å²) in [5, 5.41) is 0. The van der Waals surface area contributed by atoms with Gasteiger partial charge in [-0.15, -0.1) is 0 Å². The third kappa shape index (κ3) is 4.73. The van der Waals surface area contributed by atoms with Crippen LogP contribution in [0.4, 0.5) is 10.5 Å². The zero-order valence-corrected chi connectivity index (χ0v) is 20.6. The fourth-order valence-corrected chi connectivity index (χ4v) is 5.65. The van der Waals surface area contributed by atoms with E-state index in [1.807, 2.05) is 53.4 Å². The minimum absolute atomic E-state index is 0.171. The van der Waals surface area contributed by atoms with Gasteiger partial charge in [0, 0.05) is 23.9 Å². The molecule has 0 aromatic heterocycles. The summed E-state index contributed by atoms with van der Waals surface area (Å²) < 4.78 is 5.80. The maximum absolute atomic E-state index is 13.4. The minimum Gasteiger partial charge on any atom is -0.444 e. The monoisotopic (exact) mass is 483 g/mol. The normalized spacial score (nSPS) is 20.3.